The molecule has 116 valence electrons. The highest BCUT2D eigenvalue weighted by Crippen LogP contribution is 2.40. The molecule has 2 rings (SSSR count). The molecular weight excluding hydrogens is 284 g/mol. The Morgan fingerprint density at radius 2 is 2.05 bits per heavy atom. The predicted octanol–water partition coefficient (Wildman–Crippen LogP) is 3.02. The van der Waals surface area contributed by atoms with Gasteiger partial charge in [0.2, 0.25) is 5.91 Å². The van der Waals surface area contributed by atoms with Crippen LogP contribution >= 0.6 is 11.8 Å². The van der Waals surface area contributed by atoms with Crippen molar-refractivity contribution in [2.24, 2.45) is 5.73 Å². The summed E-state index contributed by atoms with van der Waals surface area (Å²) in [7, 11) is 0. The molecule has 0 aromatic heterocycles. The summed E-state index contributed by atoms with van der Waals surface area (Å²) in [6, 6.07) is 8.22. The molecular formula is C16H24N2O2S. The number of nitrogens with one attached hydrogen (secondary N) is 1. The monoisotopic (exact) mass is 308 g/mol. The topological polar surface area (TPSA) is 64.3 Å². The summed E-state index contributed by atoms with van der Waals surface area (Å²) >= 11 is 1.46. The first-order valence-corrected chi connectivity index (χ1v) is 8.15. The third-order valence-electron chi connectivity index (χ3n) is 3.66. The molecule has 0 spiro atoms. The molecule has 0 radical (unpaired) electrons. The molecule has 1 fully saturated rings. The minimum absolute atomic E-state index is 0.128. The van der Waals surface area contributed by atoms with Crippen molar-refractivity contribution in [2.45, 2.75) is 56.3 Å². The lowest BCUT2D eigenvalue weighted by atomic mass is 9.94. The van der Waals surface area contributed by atoms with E-state index in [1.807, 2.05) is 24.3 Å². The summed E-state index contributed by atoms with van der Waals surface area (Å²) in [5.41, 5.74) is 5.90. The second-order valence-corrected chi connectivity index (χ2v) is 7.63. The van der Waals surface area contributed by atoms with Gasteiger partial charge in [-0.3, -0.25) is 4.79 Å². The van der Waals surface area contributed by atoms with Crippen molar-refractivity contribution in [1.82, 2.24) is 0 Å². The number of carbonyl (C=O) groups excluding carboxylic acids is 1. The molecule has 21 heavy (non-hydrogen) atoms. The molecule has 1 aliphatic heterocycles. The van der Waals surface area contributed by atoms with Crippen molar-refractivity contribution in [2.75, 3.05) is 11.1 Å². The van der Waals surface area contributed by atoms with Crippen molar-refractivity contribution in [3.63, 3.8) is 0 Å². The number of hydrogen-bond acceptors (Lipinski definition) is 4. The second kappa shape index (κ2) is 5.89. The van der Waals surface area contributed by atoms with Gasteiger partial charge in [-0.2, -0.15) is 0 Å². The van der Waals surface area contributed by atoms with Gasteiger partial charge in [-0.15, -0.1) is 11.8 Å². The Bertz CT molecular complexity index is 529. The Kier molecular flexibility index (Phi) is 4.54. The molecule has 1 saturated heterocycles. The molecule has 0 aliphatic carbocycles. The van der Waals surface area contributed by atoms with Gasteiger partial charge >= 0.3 is 0 Å². The van der Waals surface area contributed by atoms with E-state index in [9.17, 15) is 4.79 Å². The van der Waals surface area contributed by atoms with Gasteiger partial charge < -0.3 is 15.8 Å². The molecule has 0 bridgehead atoms. The molecule has 1 unspecified atom stereocenters. The fourth-order valence-electron chi connectivity index (χ4n) is 2.84. The van der Waals surface area contributed by atoms with Gasteiger partial charge in [0.05, 0.1) is 23.0 Å². The second-order valence-electron chi connectivity index (χ2n) is 6.62. The van der Waals surface area contributed by atoms with Crippen molar-refractivity contribution < 1.29 is 9.53 Å². The van der Waals surface area contributed by atoms with Gasteiger partial charge in [-0.25, -0.2) is 0 Å². The maximum absolute atomic E-state index is 11.0. The number of ether oxygens (including phenoxy) is 1. The first-order chi connectivity index (χ1) is 9.70. The van der Waals surface area contributed by atoms with Crippen molar-refractivity contribution in [3.05, 3.63) is 24.3 Å². The van der Waals surface area contributed by atoms with Gasteiger partial charge in [0.1, 0.15) is 0 Å². The molecule has 0 saturated carbocycles. The highest BCUT2D eigenvalue weighted by atomic mass is 32.2. The molecule has 4 nitrogen and oxygen atoms in total. The first kappa shape index (κ1) is 16.2. The van der Waals surface area contributed by atoms with Crippen LogP contribution in [0.4, 0.5) is 5.69 Å². The molecule has 1 aromatic carbocycles. The lowest BCUT2D eigenvalue weighted by molar-refractivity contribution is -0.115. The summed E-state index contributed by atoms with van der Waals surface area (Å²) in [6.45, 7) is 8.45. The zero-order valence-corrected chi connectivity index (χ0v) is 13.9. The number of para-hydroxylation sites is 1. The number of benzene rings is 1. The Balaban J connectivity index is 2.14. The predicted molar refractivity (Wildman–Crippen MR) is 87.6 cm³/mol. The normalized spacial score (nSPS) is 23.0. The van der Waals surface area contributed by atoms with Crippen LogP contribution in [0.15, 0.2) is 29.2 Å². The van der Waals surface area contributed by atoms with Gasteiger partial charge in [0.25, 0.3) is 0 Å². The number of amides is 1. The smallest absolute Gasteiger partial charge is 0.227 e. The summed E-state index contributed by atoms with van der Waals surface area (Å²) in [5.74, 6) is -0.0187. The quantitative estimate of drug-likeness (QED) is 0.821. The summed E-state index contributed by atoms with van der Waals surface area (Å²) < 4.78 is 6.12. The number of nitrogens with two attached hydrogens (primary N) is 1. The van der Waals surface area contributed by atoms with E-state index in [-0.39, 0.29) is 28.9 Å². The van der Waals surface area contributed by atoms with E-state index >= 15 is 0 Å². The molecule has 1 aliphatic rings. The number of rotatable bonds is 5. The lowest BCUT2D eigenvalue weighted by Gasteiger charge is -2.29. The fourth-order valence-corrected chi connectivity index (χ4v) is 3.59. The Morgan fingerprint density at radius 3 is 2.62 bits per heavy atom. The van der Waals surface area contributed by atoms with Crippen LogP contribution < -0.4 is 11.1 Å². The zero-order valence-electron chi connectivity index (χ0n) is 13.1. The van der Waals surface area contributed by atoms with E-state index in [0.29, 0.717) is 0 Å². The summed E-state index contributed by atoms with van der Waals surface area (Å²) in [6.07, 6.45) is 0.939. The number of hydrogen-bond donors (Lipinski definition) is 2. The number of thioether (sulfide) groups is 1. The van der Waals surface area contributed by atoms with E-state index in [1.54, 1.807) is 0 Å². The Labute approximate surface area is 130 Å². The minimum Gasteiger partial charge on any atom is -0.378 e. The zero-order chi connectivity index (χ0) is 15.7. The SMILES string of the molecule is CC1(C)CC(Nc2ccccc2SCC(N)=O)C(C)(C)O1. The molecule has 1 amide bonds. The maximum atomic E-state index is 11.0. The van der Waals surface area contributed by atoms with E-state index in [2.05, 4.69) is 33.0 Å². The Hall–Kier alpha value is -1.20. The van der Waals surface area contributed by atoms with Crippen molar-refractivity contribution >= 4 is 23.4 Å². The summed E-state index contributed by atoms with van der Waals surface area (Å²) in [5, 5.41) is 3.58. The molecule has 1 aromatic rings. The van der Waals surface area contributed by atoms with Crippen LogP contribution in [0.5, 0.6) is 0 Å². The van der Waals surface area contributed by atoms with E-state index < -0.39 is 0 Å². The van der Waals surface area contributed by atoms with Gasteiger partial charge in [0.15, 0.2) is 0 Å². The minimum atomic E-state index is -0.305. The van der Waals surface area contributed by atoms with Crippen LogP contribution in [0.25, 0.3) is 0 Å². The van der Waals surface area contributed by atoms with Crippen LogP contribution in [0.2, 0.25) is 0 Å². The van der Waals surface area contributed by atoms with Crippen LogP contribution in [-0.4, -0.2) is 28.9 Å². The van der Waals surface area contributed by atoms with Crippen LogP contribution in [-0.2, 0) is 9.53 Å². The largest absolute Gasteiger partial charge is 0.378 e. The first-order valence-electron chi connectivity index (χ1n) is 7.16. The van der Waals surface area contributed by atoms with E-state index in [0.717, 1.165) is 17.0 Å². The van der Waals surface area contributed by atoms with E-state index in [4.69, 9.17) is 10.5 Å². The number of anilines is 1. The molecule has 5 heteroatoms. The molecule has 1 heterocycles. The lowest BCUT2D eigenvalue weighted by Crippen LogP contribution is -2.38. The highest BCUT2D eigenvalue weighted by molar-refractivity contribution is 8.00. The van der Waals surface area contributed by atoms with Gasteiger partial charge in [0, 0.05) is 10.6 Å². The number of primary amides is 1. The van der Waals surface area contributed by atoms with Crippen molar-refractivity contribution in [1.29, 1.82) is 0 Å². The van der Waals surface area contributed by atoms with Gasteiger partial charge in [-0.05, 0) is 46.2 Å². The summed E-state index contributed by atoms with van der Waals surface area (Å²) in [4.78, 5) is 12.0. The molecule has 3 N–H and O–H groups in total. The van der Waals surface area contributed by atoms with E-state index in [1.165, 1.54) is 11.8 Å². The number of carbonyl (C=O) groups is 1. The highest BCUT2D eigenvalue weighted by Gasteiger charge is 2.45. The van der Waals surface area contributed by atoms with Gasteiger partial charge in [-0.1, -0.05) is 12.1 Å². The fraction of sp³-hybridized carbons (Fsp3) is 0.562. The maximum Gasteiger partial charge on any atom is 0.227 e. The average molecular weight is 308 g/mol. The average Bonchev–Trinajstić information content (AvgIpc) is 2.56. The van der Waals surface area contributed by atoms with Crippen LogP contribution in [0.3, 0.4) is 0 Å². The van der Waals surface area contributed by atoms with Crippen molar-refractivity contribution in [3.8, 4) is 0 Å². The van der Waals surface area contributed by atoms with Crippen LogP contribution in [0, 0.1) is 0 Å². The van der Waals surface area contributed by atoms with Crippen LogP contribution in [0.1, 0.15) is 34.1 Å². The third-order valence-corrected chi connectivity index (χ3v) is 4.76. The standard InChI is InChI=1S/C16H24N2O2S/c1-15(2)9-13(16(3,4)20-15)18-11-7-5-6-8-12(11)21-10-14(17)19/h5-8,13,18H,9-10H2,1-4H3,(H2,17,19). The Morgan fingerprint density at radius 1 is 1.38 bits per heavy atom. The molecule has 1 atom stereocenters. The third kappa shape index (κ3) is 4.14.